The molecule has 7 heteroatoms. The summed E-state index contributed by atoms with van der Waals surface area (Å²) in [6.45, 7) is 8.37. The van der Waals surface area contributed by atoms with E-state index < -0.39 is 0 Å². The zero-order chi connectivity index (χ0) is 19.1. The van der Waals surface area contributed by atoms with Gasteiger partial charge >= 0.3 is 0 Å². The van der Waals surface area contributed by atoms with Crippen LogP contribution >= 0.6 is 0 Å². The fourth-order valence-corrected chi connectivity index (χ4v) is 3.57. The van der Waals surface area contributed by atoms with Crippen LogP contribution in [0, 0.1) is 0 Å². The first kappa shape index (κ1) is 19.8. The van der Waals surface area contributed by atoms with Crippen molar-refractivity contribution in [3.63, 3.8) is 0 Å². The van der Waals surface area contributed by atoms with Crippen LogP contribution in [0.3, 0.4) is 0 Å². The number of morpholine rings is 1. The number of anilines is 1. The second-order valence-electron chi connectivity index (χ2n) is 7.30. The highest BCUT2D eigenvalue weighted by molar-refractivity contribution is 5.96. The summed E-state index contributed by atoms with van der Waals surface area (Å²) in [5, 5.41) is 5.86. The maximum absolute atomic E-state index is 12.2. The third kappa shape index (κ3) is 6.02. The van der Waals surface area contributed by atoms with Gasteiger partial charge in [0.25, 0.3) is 5.91 Å². The van der Waals surface area contributed by atoms with E-state index in [4.69, 9.17) is 4.74 Å². The van der Waals surface area contributed by atoms with Crippen molar-refractivity contribution in [3.05, 3.63) is 29.8 Å². The summed E-state index contributed by atoms with van der Waals surface area (Å²) >= 11 is 0. The molecular formula is C20H30N4O3. The highest BCUT2D eigenvalue weighted by atomic mass is 16.5. The highest BCUT2D eigenvalue weighted by Gasteiger charge is 2.22. The molecule has 7 nitrogen and oxygen atoms in total. The van der Waals surface area contributed by atoms with Crippen LogP contribution in [-0.2, 0) is 9.53 Å². The first-order chi connectivity index (χ1) is 13.1. The SMILES string of the molecule is CC1CCCN1CC(=O)Nc1ccc(C(=O)NCCN2CCOCC2)cc1. The van der Waals surface area contributed by atoms with E-state index in [1.54, 1.807) is 24.3 Å². The van der Waals surface area contributed by atoms with Crippen molar-refractivity contribution in [1.82, 2.24) is 15.1 Å². The van der Waals surface area contributed by atoms with E-state index in [1.165, 1.54) is 0 Å². The van der Waals surface area contributed by atoms with Crippen LogP contribution < -0.4 is 10.6 Å². The molecule has 148 valence electrons. The number of rotatable bonds is 7. The minimum Gasteiger partial charge on any atom is -0.379 e. The second-order valence-corrected chi connectivity index (χ2v) is 7.30. The monoisotopic (exact) mass is 374 g/mol. The first-order valence-corrected chi connectivity index (χ1v) is 9.84. The Morgan fingerprint density at radius 1 is 1.15 bits per heavy atom. The van der Waals surface area contributed by atoms with Gasteiger partial charge in [0.1, 0.15) is 0 Å². The molecule has 2 N–H and O–H groups in total. The van der Waals surface area contributed by atoms with Crippen LogP contribution in [0.4, 0.5) is 5.69 Å². The van der Waals surface area contributed by atoms with Gasteiger partial charge in [0.15, 0.2) is 0 Å². The average Bonchev–Trinajstić information content (AvgIpc) is 3.07. The van der Waals surface area contributed by atoms with E-state index in [-0.39, 0.29) is 11.8 Å². The van der Waals surface area contributed by atoms with E-state index >= 15 is 0 Å². The van der Waals surface area contributed by atoms with Gasteiger partial charge in [-0.1, -0.05) is 0 Å². The van der Waals surface area contributed by atoms with E-state index in [2.05, 4.69) is 27.4 Å². The number of amides is 2. The molecule has 0 aliphatic carbocycles. The Bertz CT molecular complexity index is 629. The fourth-order valence-electron chi connectivity index (χ4n) is 3.57. The predicted molar refractivity (Wildman–Crippen MR) is 105 cm³/mol. The summed E-state index contributed by atoms with van der Waals surface area (Å²) in [7, 11) is 0. The molecular weight excluding hydrogens is 344 g/mol. The number of benzene rings is 1. The average molecular weight is 374 g/mol. The van der Waals surface area contributed by atoms with Gasteiger partial charge in [0.2, 0.25) is 5.91 Å². The van der Waals surface area contributed by atoms with Crippen molar-refractivity contribution in [1.29, 1.82) is 0 Å². The van der Waals surface area contributed by atoms with E-state index in [0.717, 1.165) is 57.9 Å². The van der Waals surface area contributed by atoms with Crippen LogP contribution in [0.1, 0.15) is 30.1 Å². The fraction of sp³-hybridized carbons (Fsp3) is 0.600. The molecule has 2 amide bonds. The van der Waals surface area contributed by atoms with Crippen molar-refractivity contribution >= 4 is 17.5 Å². The Labute approximate surface area is 161 Å². The van der Waals surface area contributed by atoms with E-state index in [0.29, 0.717) is 24.7 Å². The Morgan fingerprint density at radius 3 is 2.56 bits per heavy atom. The third-order valence-corrected chi connectivity index (χ3v) is 5.29. The number of nitrogens with zero attached hydrogens (tertiary/aromatic N) is 2. The van der Waals surface area contributed by atoms with Crippen LogP contribution in [-0.4, -0.2) is 80.1 Å². The largest absolute Gasteiger partial charge is 0.379 e. The number of carbonyl (C=O) groups is 2. The summed E-state index contributed by atoms with van der Waals surface area (Å²) < 4.78 is 5.32. The molecule has 2 saturated heterocycles. The quantitative estimate of drug-likeness (QED) is 0.750. The minimum atomic E-state index is -0.0907. The molecule has 2 aliphatic rings. The number of ether oxygens (including phenoxy) is 1. The highest BCUT2D eigenvalue weighted by Crippen LogP contribution is 2.16. The van der Waals surface area contributed by atoms with Gasteiger partial charge in [-0.05, 0) is 50.6 Å². The molecule has 2 fully saturated rings. The summed E-state index contributed by atoms with van der Waals surface area (Å²) in [4.78, 5) is 28.9. The first-order valence-electron chi connectivity index (χ1n) is 9.84. The molecule has 0 bridgehead atoms. The van der Waals surface area contributed by atoms with Gasteiger partial charge in [0, 0.05) is 43.5 Å². The van der Waals surface area contributed by atoms with Crippen molar-refractivity contribution in [3.8, 4) is 0 Å². The third-order valence-electron chi connectivity index (χ3n) is 5.29. The summed E-state index contributed by atoms with van der Waals surface area (Å²) in [5.41, 5.74) is 1.32. The standard InChI is InChI=1S/C20H30N4O3/c1-16-3-2-9-24(16)15-19(25)22-18-6-4-17(5-7-18)20(26)21-8-10-23-11-13-27-14-12-23/h4-7,16H,2-3,8-15H2,1H3,(H,21,26)(H,22,25). The van der Waals surface area contributed by atoms with Crippen LogP contribution in [0.2, 0.25) is 0 Å². The van der Waals surface area contributed by atoms with Crippen LogP contribution in [0.5, 0.6) is 0 Å². The molecule has 0 radical (unpaired) electrons. The number of nitrogens with one attached hydrogen (secondary N) is 2. The van der Waals surface area contributed by atoms with Crippen LogP contribution in [0.25, 0.3) is 0 Å². The van der Waals surface area contributed by atoms with Gasteiger partial charge < -0.3 is 15.4 Å². The van der Waals surface area contributed by atoms with E-state index in [9.17, 15) is 9.59 Å². The maximum Gasteiger partial charge on any atom is 0.251 e. The van der Waals surface area contributed by atoms with Crippen molar-refractivity contribution in [2.45, 2.75) is 25.8 Å². The molecule has 2 heterocycles. The molecule has 1 unspecified atom stereocenters. The lowest BCUT2D eigenvalue weighted by Gasteiger charge is -2.26. The molecule has 1 aromatic rings. The van der Waals surface area contributed by atoms with Gasteiger partial charge in [-0.15, -0.1) is 0 Å². The molecule has 27 heavy (non-hydrogen) atoms. The number of carbonyl (C=O) groups excluding carboxylic acids is 2. The minimum absolute atomic E-state index is 0.00790. The molecule has 1 atom stereocenters. The maximum atomic E-state index is 12.2. The van der Waals surface area contributed by atoms with Gasteiger partial charge in [-0.25, -0.2) is 0 Å². The number of hydrogen-bond donors (Lipinski definition) is 2. The molecule has 0 saturated carbocycles. The predicted octanol–water partition coefficient (Wildman–Crippen LogP) is 1.17. The lowest BCUT2D eigenvalue weighted by molar-refractivity contribution is -0.117. The molecule has 2 aliphatic heterocycles. The van der Waals surface area contributed by atoms with E-state index in [1.807, 2.05) is 0 Å². The normalized spacial score (nSPS) is 21.1. The molecule has 0 spiro atoms. The summed E-state index contributed by atoms with van der Waals surface area (Å²) in [5.74, 6) is -0.0986. The zero-order valence-electron chi connectivity index (χ0n) is 16.1. The molecule has 0 aromatic heterocycles. The zero-order valence-corrected chi connectivity index (χ0v) is 16.1. The Kier molecular flexibility index (Phi) is 7.20. The molecule has 3 rings (SSSR count). The van der Waals surface area contributed by atoms with Crippen molar-refractivity contribution in [2.75, 3.05) is 57.8 Å². The van der Waals surface area contributed by atoms with Gasteiger partial charge in [-0.3, -0.25) is 19.4 Å². The second kappa shape index (κ2) is 9.82. The summed E-state index contributed by atoms with van der Waals surface area (Å²) in [6, 6.07) is 7.53. The lowest BCUT2D eigenvalue weighted by Crippen LogP contribution is -2.41. The Morgan fingerprint density at radius 2 is 1.89 bits per heavy atom. The van der Waals surface area contributed by atoms with Crippen LogP contribution in [0.15, 0.2) is 24.3 Å². The van der Waals surface area contributed by atoms with Crippen molar-refractivity contribution < 1.29 is 14.3 Å². The number of hydrogen-bond acceptors (Lipinski definition) is 5. The van der Waals surface area contributed by atoms with Gasteiger partial charge in [-0.2, -0.15) is 0 Å². The van der Waals surface area contributed by atoms with Gasteiger partial charge in [0.05, 0.1) is 19.8 Å². The van der Waals surface area contributed by atoms with Crippen molar-refractivity contribution in [2.24, 2.45) is 0 Å². The molecule has 1 aromatic carbocycles. The lowest BCUT2D eigenvalue weighted by atomic mass is 10.2. The topological polar surface area (TPSA) is 73.9 Å². The smallest absolute Gasteiger partial charge is 0.251 e. The summed E-state index contributed by atoms with van der Waals surface area (Å²) in [6.07, 6.45) is 2.31. The number of likely N-dealkylation sites (tertiary alicyclic amines) is 1. The Balaban J connectivity index is 1.40. The Hall–Kier alpha value is -1.96.